The van der Waals surface area contributed by atoms with Crippen LogP contribution in [0.4, 0.5) is 0 Å². The van der Waals surface area contributed by atoms with Crippen LogP contribution in [0.25, 0.3) is 0 Å². The molecule has 1 aromatic rings. The van der Waals surface area contributed by atoms with E-state index in [2.05, 4.69) is 4.74 Å². The molecule has 0 radical (unpaired) electrons. The molecule has 0 aromatic carbocycles. The summed E-state index contributed by atoms with van der Waals surface area (Å²) < 4.78 is 4.51. The molecule has 4 nitrogen and oxygen atoms in total. The van der Waals surface area contributed by atoms with Crippen LogP contribution in [0.1, 0.15) is 27.8 Å². The number of rotatable bonds is 3. The number of ether oxygens (including phenoxy) is 1. The molecular formula is C9H9NO3S. The van der Waals surface area contributed by atoms with E-state index in [1.807, 2.05) is 6.07 Å². The Morgan fingerprint density at radius 3 is 3.14 bits per heavy atom. The van der Waals surface area contributed by atoms with E-state index in [1.54, 1.807) is 11.4 Å². The van der Waals surface area contributed by atoms with Crippen molar-refractivity contribution in [1.29, 1.82) is 5.26 Å². The molecule has 0 bridgehead atoms. The topological polar surface area (TPSA) is 70.3 Å². The quantitative estimate of drug-likeness (QED) is 0.769. The Morgan fingerprint density at radius 1 is 1.86 bits per heavy atom. The summed E-state index contributed by atoms with van der Waals surface area (Å²) >= 11 is 1.24. The Balaban J connectivity index is 2.78. The Labute approximate surface area is 85.4 Å². The van der Waals surface area contributed by atoms with Gasteiger partial charge in [-0.05, 0) is 6.07 Å². The van der Waals surface area contributed by atoms with E-state index >= 15 is 0 Å². The first kappa shape index (κ1) is 10.7. The van der Waals surface area contributed by atoms with Gasteiger partial charge in [-0.25, -0.2) is 4.79 Å². The third-order valence-corrected chi connectivity index (χ3v) is 2.69. The molecule has 14 heavy (non-hydrogen) atoms. The van der Waals surface area contributed by atoms with Gasteiger partial charge in [0.2, 0.25) is 0 Å². The summed E-state index contributed by atoms with van der Waals surface area (Å²) in [6, 6.07) is 3.40. The molecule has 1 rings (SSSR count). The van der Waals surface area contributed by atoms with Crippen LogP contribution in [-0.2, 0) is 4.74 Å². The van der Waals surface area contributed by atoms with Crippen molar-refractivity contribution in [3.8, 4) is 6.07 Å². The molecule has 0 aliphatic carbocycles. The number of methoxy groups -OCH3 is 1. The Morgan fingerprint density at radius 2 is 2.57 bits per heavy atom. The monoisotopic (exact) mass is 211 g/mol. The van der Waals surface area contributed by atoms with Crippen LogP contribution < -0.4 is 0 Å². The highest BCUT2D eigenvalue weighted by Gasteiger charge is 2.13. The van der Waals surface area contributed by atoms with Crippen molar-refractivity contribution < 1.29 is 14.6 Å². The zero-order valence-electron chi connectivity index (χ0n) is 7.56. The third kappa shape index (κ3) is 2.31. The van der Waals surface area contributed by atoms with Crippen LogP contribution in [0.3, 0.4) is 0 Å². The number of aliphatic hydroxyl groups excluding tert-OH is 1. The van der Waals surface area contributed by atoms with Crippen molar-refractivity contribution in [2.75, 3.05) is 7.11 Å². The van der Waals surface area contributed by atoms with E-state index in [4.69, 9.17) is 5.26 Å². The van der Waals surface area contributed by atoms with Crippen molar-refractivity contribution in [3.63, 3.8) is 0 Å². The third-order valence-electron chi connectivity index (χ3n) is 1.65. The number of aliphatic hydroxyl groups is 1. The summed E-state index contributed by atoms with van der Waals surface area (Å²) in [6.07, 6.45) is -0.787. The average Bonchev–Trinajstić information content (AvgIpc) is 2.66. The second kappa shape index (κ2) is 4.74. The molecule has 1 unspecified atom stereocenters. The maximum atomic E-state index is 11.0. The smallest absolute Gasteiger partial charge is 0.338 e. The highest BCUT2D eigenvalue weighted by molar-refractivity contribution is 7.10. The summed E-state index contributed by atoms with van der Waals surface area (Å²) in [5.41, 5.74) is 0.407. The summed E-state index contributed by atoms with van der Waals surface area (Å²) in [5, 5.41) is 19.4. The molecule has 0 saturated carbocycles. The number of carbonyl (C=O) groups is 1. The van der Waals surface area contributed by atoms with E-state index < -0.39 is 12.1 Å². The molecule has 5 heteroatoms. The minimum atomic E-state index is -0.816. The van der Waals surface area contributed by atoms with Gasteiger partial charge in [0.1, 0.15) is 6.10 Å². The lowest BCUT2D eigenvalue weighted by Gasteiger charge is -2.00. The summed E-state index contributed by atoms with van der Waals surface area (Å²) in [4.78, 5) is 11.6. The predicted molar refractivity (Wildman–Crippen MR) is 50.8 cm³/mol. The van der Waals surface area contributed by atoms with E-state index in [-0.39, 0.29) is 6.42 Å². The first-order valence-corrected chi connectivity index (χ1v) is 4.78. The number of nitriles is 1. The predicted octanol–water partition coefficient (Wildman–Crippen LogP) is 1.48. The van der Waals surface area contributed by atoms with Crippen molar-refractivity contribution in [2.45, 2.75) is 12.5 Å². The van der Waals surface area contributed by atoms with Crippen molar-refractivity contribution in [1.82, 2.24) is 0 Å². The number of thiophene rings is 1. The van der Waals surface area contributed by atoms with E-state index in [9.17, 15) is 9.90 Å². The molecule has 0 amide bonds. The second-order valence-corrected chi connectivity index (χ2v) is 3.55. The molecule has 1 heterocycles. The minimum Gasteiger partial charge on any atom is -0.465 e. The Kier molecular flexibility index (Phi) is 3.63. The lowest BCUT2D eigenvalue weighted by atomic mass is 10.2. The van der Waals surface area contributed by atoms with Gasteiger partial charge in [-0.15, -0.1) is 11.3 Å². The van der Waals surface area contributed by atoms with Crippen LogP contribution in [0, 0.1) is 11.3 Å². The van der Waals surface area contributed by atoms with Crippen molar-refractivity contribution in [2.24, 2.45) is 0 Å². The van der Waals surface area contributed by atoms with Gasteiger partial charge in [-0.1, -0.05) is 0 Å². The Bertz CT molecular complexity index is 366. The molecule has 1 N–H and O–H groups in total. The zero-order valence-corrected chi connectivity index (χ0v) is 8.37. The SMILES string of the molecule is COC(=O)c1csc(C(O)CC#N)c1. The largest absolute Gasteiger partial charge is 0.465 e. The lowest BCUT2D eigenvalue weighted by molar-refractivity contribution is 0.0601. The summed E-state index contributed by atoms with van der Waals surface area (Å²) in [5.74, 6) is -0.434. The molecule has 1 atom stereocenters. The average molecular weight is 211 g/mol. The fourth-order valence-electron chi connectivity index (χ4n) is 0.940. The highest BCUT2D eigenvalue weighted by Crippen LogP contribution is 2.24. The summed E-state index contributed by atoms with van der Waals surface area (Å²) in [6.45, 7) is 0. The van der Waals surface area contributed by atoms with Gasteiger partial charge < -0.3 is 9.84 Å². The fraction of sp³-hybridized carbons (Fsp3) is 0.333. The van der Waals surface area contributed by atoms with Crippen LogP contribution in [-0.4, -0.2) is 18.2 Å². The molecule has 0 fully saturated rings. The maximum Gasteiger partial charge on any atom is 0.338 e. The van der Waals surface area contributed by atoms with E-state index in [0.29, 0.717) is 10.4 Å². The molecule has 0 aliphatic rings. The van der Waals surface area contributed by atoms with Crippen LogP contribution in [0.15, 0.2) is 11.4 Å². The molecule has 0 aliphatic heterocycles. The number of nitrogens with zero attached hydrogens (tertiary/aromatic N) is 1. The number of esters is 1. The number of carbonyl (C=O) groups excluding carboxylic acids is 1. The van der Waals surface area contributed by atoms with Gasteiger partial charge in [0.05, 0.1) is 25.2 Å². The first-order chi connectivity index (χ1) is 6.69. The van der Waals surface area contributed by atoms with Crippen LogP contribution >= 0.6 is 11.3 Å². The minimum absolute atomic E-state index is 0.0289. The summed E-state index contributed by atoms with van der Waals surface area (Å²) in [7, 11) is 1.30. The highest BCUT2D eigenvalue weighted by atomic mass is 32.1. The van der Waals surface area contributed by atoms with Crippen LogP contribution in [0.5, 0.6) is 0 Å². The van der Waals surface area contributed by atoms with Gasteiger partial charge in [0.15, 0.2) is 0 Å². The van der Waals surface area contributed by atoms with Gasteiger partial charge >= 0.3 is 5.97 Å². The van der Waals surface area contributed by atoms with E-state index in [1.165, 1.54) is 18.4 Å². The molecule has 0 saturated heterocycles. The Hall–Kier alpha value is -1.38. The maximum absolute atomic E-state index is 11.0. The van der Waals surface area contributed by atoms with Gasteiger partial charge in [-0.2, -0.15) is 5.26 Å². The van der Waals surface area contributed by atoms with E-state index in [0.717, 1.165) is 0 Å². The molecule has 0 spiro atoms. The second-order valence-electron chi connectivity index (χ2n) is 2.61. The van der Waals surface area contributed by atoms with Gasteiger partial charge in [0.25, 0.3) is 0 Å². The molecule has 74 valence electrons. The normalized spacial score (nSPS) is 11.8. The molecule has 1 aromatic heterocycles. The standard InChI is InChI=1S/C9H9NO3S/c1-13-9(12)6-4-8(14-5-6)7(11)2-3-10/h4-5,7,11H,2H2,1H3. The first-order valence-electron chi connectivity index (χ1n) is 3.90. The number of hydrogen-bond acceptors (Lipinski definition) is 5. The zero-order chi connectivity index (χ0) is 10.6. The fourth-order valence-corrected chi connectivity index (χ4v) is 1.80. The lowest BCUT2D eigenvalue weighted by Crippen LogP contribution is -1.99. The van der Waals surface area contributed by atoms with Gasteiger partial charge in [-0.3, -0.25) is 0 Å². The number of hydrogen-bond donors (Lipinski definition) is 1. The molecular weight excluding hydrogens is 202 g/mol. The van der Waals surface area contributed by atoms with Crippen LogP contribution in [0.2, 0.25) is 0 Å². The van der Waals surface area contributed by atoms with Gasteiger partial charge in [0, 0.05) is 10.3 Å². The van der Waals surface area contributed by atoms with Crippen molar-refractivity contribution >= 4 is 17.3 Å². The van der Waals surface area contributed by atoms with Crippen molar-refractivity contribution in [3.05, 3.63) is 21.9 Å².